The summed E-state index contributed by atoms with van der Waals surface area (Å²) >= 11 is 0. The number of aryl methyl sites for hydroxylation is 2. The third kappa shape index (κ3) is 6.00. The van der Waals surface area contributed by atoms with Crippen molar-refractivity contribution < 1.29 is 9.59 Å². The second-order valence-corrected chi connectivity index (χ2v) is 14.3. The number of pyridine rings is 2. The number of anilines is 2. The van der Waals surface area contributed by atoms with Crippen molar-refractivity contribution in [3.8, 4) is 45.3 Å². The Morgan fingerprint density at radius 2 is 0.981 bits per heavy atom. The first-order valence-electron chi connectivity index (χ1n) is 17.1. The molecule has 4 aromatic heterocycles. The lowest BCUT2D eigenvalue weighted by molar-refractivity contribution is -0.122. The summed E-state index contributed by atoms with van der Waals surface area (Å²) in [5.74, 6) is 1.53. The van der Waals surface area contributed by atoms with Gasteiger partial charge in [0.25, 0.3) is 0 Å². The van der Waals surface area contributed by atoms with E-state index < -0.39 is 10.8 Å². The maximum atomic E-state index is 12.5. The van der Waals surface area contributed by atoms with Crippen LogP contribution in [-0.4, -0.2) is 55.8 Å². The van der Waals surface area contributed by atoms with Crippen LogP contribution in [0.4, 0.5) is 11.4 Å². The smallest absolute Gasteiger partial charge is 0.236 e. The number of fused-ring (bicyclic) bond motifs is 2. The molecule has 0 aliphatic carbocycles. The molecule has 2 aliphatic rings. The Morgan fingerprint density at radius 1 is 0.500 bits per heavy atom. The van der Waals surface area contributed by atoms with E-state index in [1.807, 2.05) is 128 Å². The lowest BCUT2D eigenvalue weighted by atomic mass is 9.85. The standard InChI is InChI=1S/2C21H20N4O/c1-13-11-15(7-9-22-13)19-23-10-8-17(24-19)14-5-6-16-18(12-14)25(4)20(26)21(16,2)3;1-13-5-6-15(12-23-13)19-22-10-9-17(24-19)14-7-8-16-18(11-14)25(4)20(26)21(16,2)3/h2*5-12H,1-4H3. The Hall–Kier alpha value is -6.16. The van der Waals surface area contributed by atoms with E-state index in [1.54, 1.807) is 34.6 Å². The topological polar surface area (TPSA) is 118 Å². The van der Waals surface area contributed by atoms with Crippen molar-refractivity contribution >= 4 is 23.2 Å². The molecule has 260 valence electrons. The first kappa shape index (κ1) is 34.3. The van der Waals surface area contributed by atoms with Gasteiger partial charge in [0.05, 0.1) is 22.2 Å². The number of likely N-dealkylation sites (N-methyl/N-ethyl adjacent to an activating group) is 2. The summed E-state index contributed by atoms with van der Waals surface area (Å²) in [4.78, 5) is 55.2. The van der Waals surface area contributed by atoms with Gasteiger partial charge in [-0.1, -0.05) is 24.3 Å². The van der Waals surface area contributed by atoms with Crippen LogP contribution in [0, 0.1) is 13.8 Å². The Labute approximate surface area is 303 Å². The van der Waals surface area contributed by atoms with Gasteiger partial charge in [-0.05, 0) is 101 Å². The number of hydrogen-bond acceptors (Lipinski definition) is 8. The van der Waals surface area contributed by atoms with Gasteiger partial charge in [-0.3, -0.25) is 19.6 Å². The molecule has 52 heavy (non-hydrogen) atoms. The Bertz CT molecular complexity index is 2370. The summed E-state index contributed by atoms with van der Waals surface area (Å²) in [5.41, 5.74) is 10.3. The number of nitrogens with zero attached hydrogens (tertiary/aromatic N) is 8. The van der Waals surface area contributed by atoms with Crippen molar-refractivity contribution in [1.29, 1.82) is 0 Å². The molecule has 0 atom stereocenters. The highest BCUT2D eigenvalue weighted by Gasteiger charge is 2.43. The molecule has 0 unspecified atom stereocenters. The molecule has 0 bridgehead atoms. The summed E-state index contributed by atoms with van der Waals surface area (Å²) in [5, 5.41) is 0. The third-order valence-electron chi connectivity index (χ3n) is 9.97. The van der Waals surface area contributed by atoms with Gasteiger partial charge in [-0.2, -0.15) is 0 Å². The molecule has 10 nitrogen and oxygen atoms in total. The Balaban J connectivity index is 0.000000162. The minimum Gasteiger partial charge on any atom is -0.314 e. The van der Waals surface area contributed by atoms with Crippen molar-refractivity contribution in [3.63, 3.8) is 0 Å². The molecule has 6 heterocycles. The van der Waals surface area contributed by atoms with Crippen LogP contribution in [0.25, 0.3) is 45.3 Å². The van der Waals surface area contributed by atoms with E-state index in [0.717, 1.165) is 67.5 Å². The molecule has 2 amide bonds. The highest BCUT2D eigenvalue weighted by atomic mass is 16.2. The molecule has 2 aromatic carbocycles. The summed E-state index contributed by atoms with van der Waals surface area (Å²) in [6, 6.07) is 23.7. The number of hydrogen-bond donors (Lipinski definition) is 0. The Morgan fingerprint density at radius 3 is 1.46 bits per heavy atom. The molecule has 0 spiro atoms. The van der Waals surface area contributed by atoms with Crippen LogP contribution in [0.1, 0.15) is 50.2 Å². The van der Waals surface area contributed by atoms with E-state index in [-0.39, 0.29) is 11.8 Å². The van der Waals surface area contributed by atoms with Crippen molar-refractivity contribution in [3.05, 3.63) is 120 Å². The molecule has 0 saturated carbocycles. The summed E-state index contributed by atoms with van der Waals surface area (Å²) < 4.78 is 0. The highest BCUT2D eigenvalue weighted by molar-refractivity contribution is 6.08. The number of benzene rings is 2. The predicted molar refractivity (Wildman–Crippen MR) is 204 cm³/mol. The van der Waals surface area contributed by atoms with Crippen LogP contribution in [0.2, 0.25) is 0 Å². The van der Waals surface area contributed by atoms with Crippen LogP contribution in [0.5, 0.6) is 0 Å². The largest absolute Gasteiger partial charge is 0.314 e. The molecule has 0 radical (unpaired) electrons. The van der Waals surface area contributed by atoms with Gasteiger partial charge in [0.2, 0.25) is 11.8 Å². The van der Waals surface area contributed by atoms with Crippen molar-refractivity contribution in [1.82, 2.24) is 29.9 Å². The summed E-state index contributed by atoms with van der Waals surface area (Å²) in [7, 11) is 3.65. The van der Waals surface area contributed by atoms with Gasteiger partial charge in [-0.15, -0.1) is 0 Å². The van der Waals surface area contributed by atoms with Gasteiger partial charge in [-0.25, -0.2) is 19.9 Å². The van der Waals surface area contributed by atoms with Crippen LogP contribution >= 0.6 is 0 Å². The average Bonchev–Trinajstić information content (AvgIpc) is 3.44. The monoisotopic (exact) mass is 688 g/mol. The minimum absolute atomic E-state index is 0.110. The molecule has 0 saturated heterocycles. The maximum Gasteiger partial charge on any atom is 0.236 e. The lowest BCUT2D eigenvalue weighted by Crippen LogP contribution is -2.33. The fraction of sp³-hybridized carbons (Fsp3) is 0.238. The van der Waals surface area contributed by atoms with Gasteiger partial charge in [0.15, 0.2) is 11.6 Å². The number of rotatable bonds is 4. The molecule has 10 heteroatoms. The van der Waals surface area contributed by atoms with Crippen molar-refractivity contribution in [2.75, 3.05) is 23.9 Å². The maximum absolute atomic E-state index is 12.5. The zero-order valence-corrected chi connectivity index (χ0v) is 30.6. The van der Waals surface area contributed by atoms with E-state index in [0.29, 0.717) is 11.6 Å². The first-order chi connectivity index (χ1) is 24.8. The molecule has 0 N–H and O–H groups in total. The minimum atomic E-state index is -0.493. The van der Waals surface area contributed by atoms with Crippen LogP contribution in [-0.2, 0) is 20.4 Å². The number of aromatic nitrogens is 6. The SMILES string of the molecule is Cc1cc(-c2nccc(-c3ccc4c(c3)N(C)C(=O)C4(C)C)n2)ccn1.Cc1ccc(-c2nccc(-c3ccc4c(c3)N(C)C(=O)C4(C)C)n2)cn1. The van der Waals surface area contributed by atoms with Crippen molar-refractivity contribution in [2.45, 2.75) is 52.4 Å². The predicted octanol–water partition coefficient (Wildman–Crippen LogP) is 7.54. The van der Waals surface area contributed by atoms with E-state index in [9.17, 15) is 9.59 Å². The second kappa shape index (κ2) is 12.9. The number of carbonyl (C=O) groups excluding carboxylic acids is 2. The molecular weight excluding hydrogens is 649 g/mol. The van der Waals surface area contributed by atoms with Crippen LogP contribution in [0.15, 0.2) is 97.6 Å². The fourth-order valence-corrected chi connectivity index (χ4v) is 6.88. The van der Waals surface area contributed by atoms with E-state index >= 15 is 0 Å². The zero-order valence-electron chi connectivity index (χ0n) is 30.6. The van der Waals surface area contributed by atoms with Crippen LogP contribution < -0.4 is 9.80 Å². The fourth-order valence-electron chi connectivity index (χ4n) is 6.88. The van der Waals surface area contributed by atoms with E-state index in [4.69, 9.17) is 9.97 Å². The summed E-state index contributed by atoms with van der Waals surface area (Å²) in [6.45, 7) is 11.8. The second-order valence-electron chi connectivity index (χ2n) is 14.3. The van der Waals surface area contributed by atoms with Gasteiger partial charge in [0, 0.05) is 83.9 Å². The summed E-state index contributed by atoms with van der Waals surface area (Å²) in [6.07, 6.45) is 7.06. The first-order valence-corrected chi connectivity index (χ1v) is 17.1. The van der Waals surface area contributed by atoms with Gasteiger partial charge in [0.1, 0.15) is 0 Å². The van der Waals surface area contributed by atoms with Gasteiger partial charge < -0.3 is 9.80 Å². The lowest BCUT2D eigenvalue weighted by Gasteiger charge is -2.16. The van der Waals surface area contributed by atoms with Crippen molar-refractivity contribution in [2.24, 2.45) is 0 Å². The van der Waals surface area contributed by atoms with E-state index in [2.05, 4.69) is 19.9 Å². The molecular formula is C42H40N8O2. The number of amides is 2. The zero-order chi connectivity index (χ0) is 36.9. The third-order valence-corrected chi connectivity index (χ3v) is 9.97. The highest BCUT2D eigenvalue weighted by Crippen LogP contribution is 2.43. The normalized spacial score (nSPS) is 15.2. The van der Waals surface area contributed by atoms with Gasteiger partial charge >= 0.3 is 0 Å². The number of carbonyl (C=O) groups is 2. The molecule has 8 rings (SSSR count). The molecule has 2 aliphatic heterocycles. The quantitative estimate of drug-likeness (QED) is 0.187. The van der Waals surface area contributed by atoms with E-state index in [1.165, 1.54) is 0 Å². The average molecular weight is 689 g/mol. The Kier molecular flexibility index (Phi) is 8.49. The van der Waals surface area contributed by atoms with Crippen LogP contribution in [0.3, 0.4) is 0 Å². The molecule has 6 aromatic rings. The molecule has 0 fully saturated rings.